The van der Waals surface area contributed by atoms with E-state index >= 15 is 0 Å². The summed E-state index contributed by atoms with van der Waals surface area (Å²) in [6, 6.07) is 1.38. The van der Waals surface area contributed by atoms with Crippen molar-refractivity contribution in [3.8, 4) is 0 Å². The minimum absolute atomic E-state index is 0.222. The van der Waals surface area contributed by atoms with Crippen molar-refractivity contribution < 1.29 is 4.39 Å². The molecule has 3 nitrogen and oxygen atoms in total. The number of pyridine rings is 1. The second-order valence-corrected chi connectivity index (χ2v) is 4.59. The molecule has 0 saturated heterocycles. The van der Waals surface area contributed by atoms with E-state index in [0.717, 1.165) is 5.69 Å². The Labute approximate surface area is 95.2 Å². The summed E-state index contributed by atoms with van der Waals surface area (Å²) < 4.78 is 15.3. The van der Waals surface area contributed by atoms with Crippen LogP contribution in [0.4, 0.5) is 10.2 Å². The van der Waals surface area contributed by atoms with Crippen molar-refractivity contribution in [3.05, 3.63) is 28.2 Å². The molecule has 5 heteroatoms. The summed E-state index contributed by atoms with van der Waals surface area (Å²) in [4.78, 5) is 4.38. The molecule has 0 amide bonds. The van der Waals surface area contributed by atoms with Crippen LogP contribution in [0.2, 0.25) is 0 Å². The molecule has 2 aromatic heterocycles. The van der Waals surface area contributed by atoms with Crippen LogP contribution in [0.1, 0.15) is 25.5 Å². The summed E-state index contributed by atoms with van der Waals surface area (Å²) >= 11 is 3.27. The molecule has 0 bridgehead atoms. The van der Waals surface area contributed by atoms with Crippen molar-refractivity contribution in [2.24, 2.45) is 0 Å². The summed E-state index contributed by atoms with van der Waals surface area (Å²) in [7, 11) is 0. The third kappa shape index (κ3) is 1.61. The van der Waals surface area contributed by atoms with Crippen LogP contribution in [0.5, 0.6) is 0 Å². The first-order chi connectivity index (χ1) is 7.00. The topological polar surface area (TPSA) is 43.3 Å². The normalized spacial score (nSPS) is 11.5. The smallest absolute Gasteiger partial charge is 0.153 e. The van der Waals surface area contributed by atoms with Gasteiger partial charge in [0.2, 0.25) is 0 Å². The Hall–Kier alpha value is -1.10. The first-order valence-electron chi connectivity index (χ1n) is 4.63. The molecule has 0 unspecified atom stereocenters. The molecule has 0 spiro atoms. The molecule has 0 aliphatic carbocycles. The zero-order chi connectivity index (χ0) is 11.2. The molecule has 0 aliphatic heterocycles. The first kappa shape index (κ1) is 10.4. The highest BCUT2D eigenvalue weighted by Crippen LogP contribution is 2.27. The second-order valence-electron chi connectivity index (χ2n) is 3.74. The number of hydrogen-bond donors (Lipinski definition) is 1. The van der Waals surface area contributed by atoms with Gasteiger partial charge in [0.15, 0.2) is 5.65 Å². The van der Waals surface area contributed by atoms with Gasteiger partial charge in [-0.3, -0.25) is 4.40 Å². The fraction of sp³-hybridized carbons (Fsp3) is 0.300. The summed E-state index contributed by atoms with van der Waals surface area (Å²) in [5, 5.41) is 0. The molecule has 2 rings (SSSR count). The molecule has 80 valence electrons. The Morgan fingerprint density at radius 2 is 2.20 bits per heavy atom. The lowest BCUT2D eigenvalue weighted by Crippen LogP contribution is -1.98. The van der Waals surface area contributed by atoms with Crippen molar-refractivity contribution >= 4 is 27.4 Å². The number of nitrogens with zero attached hydrogens (tertiary/aromatic N) is 2. The van der Waals surface area contributed by atoms with E-state index in [2.05, 4.69) is 20.9 Å². The summed E-state index contributed by atoms with van der Waals surface area (Å²) in [5.41, 5.74) is 7.33. The lowest BCUT2D eigenvalue weighted by molar-refractivity contribution is 0.618. The molecule has 0 atom stereocenters. The summed E-state index contributed by atoms with van der Waals surface area (Å²) in [6.45, 7) is 4.00. The quantitative estimate of drug-likeness (QED) is 0.867. The average molecular weight is 272 g/mol. The zero-order valence-electron chi connectivity index (χ0n) is 8.46. The Morgan fingerprint density at radius 1 is 1.53 bits per heavy atom. The number of fused-ring (bicyclic) bond motifs is 1. The highest BCUT2D eigenvalue weighted by Gasteiger charge is 2.14. The van der Waals surface area contributed by atoms with Gasteiger partial charge in [0.05, 0.1) is 10.2 Å². The minimum atomic E-state index is -0.339. The highest BCUT2D eigenvalue weighted by molar-refractivity contribution is 9.10. The maximum atomic E-state index is 13.2. The van der Waals surface area contributed by atoms with Crippen LogP contribution in [0.15, 0.2) is 16.7 Å². The fourth-order valence-electron chi connectivity index (χ4n) is 1.53. The van der Waals surface area contributed by atoms with E-state index in [-0.39, 0.29) is 11.7 Å². The number of halogens is 2. The Kier molecular flexibility index (Phi) is 2.42. The molecule has 0 radical (unpaired) electrons. The molecule has 2 heterocycles. The highest BCUT2D eigenvalue weighted by atomic mass is 79.9. The number of nitrogen functional groups attached to an aromatic ring is 1. The van der Waals surface area contributed by atoms with Crippen molar-refractivity contribution in [1.29, 1.82) is 0 Å². The first-order valence-corrected chi connectivity index (χ1v) is 5.42. The van der Waals surface area contributed by atoms with Gasteiger partial charge in [0, 0.05) is 6.20 Å². The Bertz CT molecular complexity index is 519. The molecule has 0 aliphatic rings. The fourth-order valence-corrected chi connectivity index (χ4v) is 2.03. The summed E-state index contributed by atoms with van der Waals surface area (Å²) in [5.74, 6) is 0.383. The monoisotopic (exact) mass is 271 g/mol. The SMILES string of the molecule is CC(C)c1nc2c(Br)cc(F)cn2c1N. The number of aromatic nitrogens is 2. The van der Waals surface area contributed by atoms with E-state index in [1.165, 1.54) is 12.3 Å². The van der Waals surface area contributed by atoms with E-state index in [1.54, 1.807) is 4.40 Å². The number of rotatable bonds is 1. The van der Waals surface area contributed by atoms with E-state index < -0.39 is 0 Å². The van der Waals surface area contributed by atoms with Gasteiger partial charge in [-0.1, -0.05) is 13.8 Å². The van der Waals surface area contributed by atoms with Gasteiger partial charge in [-0.2, -0.15) is 0 Å². The molecule has 2 aromatic rings. The molecule has 0 fully saturated rings. The Balaban J connectivity index is 2.82. The van der Waals surface area contributed by atoms with Gasteiger partial charge in [0.25, 0.3) is 0 Å². The predicted molar refractivity (Wildman–Crippen MR) is 61.4 cm³/mol. The van der Waals surface area contributed by atoms with Gasteiger partial charge >= 0.3 is 0 Å². The van der Waals surface area contributed by atoms with Crippen LogP contribution < -0.4 is 5.73 Å². The lowest BCUT2D eigenvalue weighted by atomic mass is 10.1. The van der Waals surface area contributed by atoms with Crippen molar-refractivity contribution in [3.63, 3.8) is 0 Å². The van der Waals surface area contributed by atoms with Crippen LogP contribution in [-0.4, -0.2) is 9.38 Å². The van der Waals surface area contributed by atoms with Crippen LogP contribution in [0.25, 0.3) is 5.65 Å². The maximum absolute atomic E-state index is 13.2. The Morgan fingerprint density at radius 3 is 2.80 bits per heavy atom. The van der Waals surface area contributed by atoms with Gasteiger partial charge in [0.1, 0.15) is 11.6 Å². The number of hydrogen-bond acceptors (Lipinski definition) is 2. The third-order valence-corrected chi connectivity index (χ3v) is 2.84. The molecular weight excluding hydrogens is 261 g/mol. The van der Waals surface area contributed by atoms with Crippen LogP contribution in [-0.2, 0) is 0 Å². The largest absolute Gasteiger partial charge is 0.383 e. The van der Waals surface area contributed by atoms with E-state index in [0.29, 0.717) is 15.9 Å². The van der Waals surface area contributed by atoms with Gasteiger partial charge in [-0.25, -0.2) is 9.37 Å². The standard InChI is InChI=1S/C10H11BrFN3/c1-5(2)8-9(13)15-4-6(12)3-7(11)10(15)14-8/h3-5H,13H2,1-2H3. The zero-order valence-corrected chi connectivity index (χ0v) is 10.0. The number of anilines is 1. The number of imidazole rings is 1. The van der Waals surface area contributed by atoms with E-state index in [1.807, 2.05) is 13.8 Å². The van der Waals surface area contributed by atoms with Gasteiger partial charge in [-0.15, -0.1) is 0 Å². The molecule has 15 heavy (non-hydrogen) atoms. The molecular formula is C10H11BrFN3. The molecule has 2 N–H and O–H groups in total. The van der Waals surface area contributed by atoms with Gasteiger partial charge in [-0.05, 0) is 27.9 Å². The third-order valence-electron chi connectivity index (χ3n) is 2.25. The van der Waals surface area contributed by atoms with Crippen LogP contribution >= 0.6 is 15.9 Å². The minimum Gasteiger partial charge on any atom is -0.383 e. The van der Waals surface area contributed by atoms with E-state index in [4.69, 9.17) is 5.73 Å². The second kappa shape index (κ2) is 3.48. The maximum Gasteiger partial charge on any atom is 0.153 e. The molecule has 0 saturated carbocycles. The predicted octanol–water partition coefficient (Wildman–Crippen LogP) is 2.94. The number of nitrogens with two attached hydrogens (primary N) is 1. The van der Waals surface area contributed by atoms with Crippen LogP contribution in [0.3, 0.4) is 0 Å². The van der Waals surface area contributed by atoms with Gasteiger partial charge < -0.3 is 5.73 Å². The van der Waals surface area contributed by atoms with Crippen molar-refractivity contribution in [2.45, 2.75) is 19.8 Å². The molecule has 0 aromatic carbocycles. The average Bonchev–Trinajstić information content (AvgIpc) is 2.44. The summed E-state index contributed by atoms with van der Waals surface area (Å²) in [6.07, 6.45) is 1.34. The van der Waals surface area contributed by atoms with Crippen LogP contribution in [0, 0.1) is 5.82 Å². The van der Waals surface area contributed by atoms with Crippen molar-refractivity contribution in [1.82, 2.24) is 9.38 Å². The lowest BCUT2D eigenvalue weighted by Gasteiger charge is -2.01. The van der Waals surface area contributed by atoms with Crippen molar-refractivity contribution in [2.75, 3.05) is 5.73 Å². The van der Waals surface area contributed by atoms with E-state index in [9.17, 15) is 4.39 Å².